The molecular weight excluding hydrogens is 408 g/mol. The van der Waals surface area contributed by atoms with Crippen LogP contribution in [0.4, 0.5) is 11.5 Å². The average Bonchev–Trinajstić information content (AvgIpc) is 2.85. The number of piperazine rings is 1. The van der Waals surface area contributed by atoms with E-state index >= 15 is 0 Å². The molecule has 9 heteroatoms. The number of methoxy groups -OCH3 is 1. The summed E-state index contributed by atoms with van der Waals surface area (Å²) < 4.78 is 6.68. The Bertz CT molecular complexity index is 1110. The second kappa shape index (κ2) is 9.95. The van der Waals surface area contributed by atoms with Gasteiger partial charge in [-0.2, -0.15) is 5.10 Å². The first-order chi connectivity index (χ1) is 15.6. The lowest BCUT2D eigenvalue weighted by atomic mass is 10.2. The molecule has 1 aliphatic heterocycles. The van der Waals surface area contributed by atoms with E-state index < -0.39 is 0 Å². The molecule has 3 aromatic rings. The van der Waals surface area contributed by atoms with Crippen LogP contribution in [0, 0.1) is 0 Å². The molecule has 1 aromatic carbocycles. The number of nitrogens with one attached hydrogen (secondary N) is 1. The number of aromatic nitrogens is 3. The summed E-state index contributed by atoms with van der Waals surface area (Å²) in [4.78, 5) is 33.1. The van der Waals surface area contributed by atoms with Crippen molar-refractivity contribution in [3.05, 3.63) is 76.8 Å². The summed E-state index contributed by atoms with van der Waals surface area (Å²) in [7, 11) is 1.68. The van der Waals surface area contributed by atoms with Crippen molar-refractivity contribution in [2.24, 2.45) is 0 Å². The number of para-hydroxylation sites is 2. The van der Waals surface area contributed by atoms with E-state index in [1.54, 1.807) is 19.4 Å². The van der Waals surface area contributed by atoms with Crippen LogP contribution in [0.3, 0.4) is 0 Å². The van der Waals surface area contributed by atoms with Crippen LogP contribution in [0.1, 0.15) is 5.69 Å². The molecular formula is C23H26N6O3. The van der Waals surface area contributed by atoms with E-state index in [0.717, 1.165) is 43.3 Å². The maximum absolute atomic E-state index is 12.3. The summed E-state index contributed by atoms with van der Waals surface area (Å²) in [5.41, 5.74) is 1.51. The van der Waals surface area contributed by atoms with Gasteiger partial charge in [0.25, 0.3) is 5.56 Å². The van der Waals surface area contributed by atoms with Crippen molar-refractivity contribution in [1.29, 1.82) is 0 Å². The van der Waals surface area contributed by atoms with Gasteiger partial charge in [0, 0.05) is 38.4 Å². The Balaban J connectivity index is 1.37. The summed E-state index contributed by atoms with van der Waals surface area (Å²) in [6.07, 6.45) is 1.67. The molecule has 0 unspecified atom stereocenters. The minimum Gasteiger partial charge on any atom is -0.495 e. The van der Waals surface area contributed by atoms with Gasteiger partial charge in [0.2, 0.25) is 5.91 Å². The monoisotopic (exact) mass is 434 g/mol. The van der Waals surface area contributed by atoms with Crippen molar-refractivity contribution in [3.63, 3.8) is 0 Å². The van der Waals surface area contributed by atoms with Crippen molar-refractivity contribution in [1.82, 2.24) is 20.1 Å². The Kier molecular flexibility index (Phi) is 6.64. The van der Waals surface area contributed by atoms with Gasteiger partial charge in [0.1, 0.15) is 18.1 Å². The molecule has 2 aromatic heterocycles. The van der Waals surface area contributed by atoms with Crippen molar-refractivity contribution in [2.75, 3.05) is 43.1 Å². The average molecular weight is 435 g/mol. The predicted molar refractivity (Wildman–Crippen MR) is 122 cm³/mol. The van der Waals surface area contributed by atoms with E-state index in [9.17, 15) is 9.59 Å². The standard InChI is InChI=1S/C23H26N6O3/c1-32-20-8-3-2-7-19(20)27-12-14-28(15-13-27)21-9-10-23(31)29(26-21)17-22(30)25-16-18-6-4-5-11-24-18/h2-11H,12-17H2,1H3,(H,25,30). The summed E-state index contributed by atoms with van der Waals surface area (Å²) in [5.74, 6) is 1.24. The Morgan fingerprint density at radius 2 is 1.75 bits per heavy atom. The second-order valence-electron chi connectivity index (χ2n) is 7.43. The van der Waals surface area contributed by atoms with Gasteiger partial charge in [-0.3, -0.25) is 14.6 Å². The molecule has 3 heterocycles. The van der Waals surface area contributed by atoms with Crippen molar-refractivity contribution >= 4 is 17.4 Å². The largest absolute Gasteiger partial charge is 0.495 e. The van der Waals surface area contributed by atoms with E-state index in [0.29, 0.717) is 12.4 Å². The zero-order valence-electron chi connectivity index (χ0n) is 18.0. The molecule has 0 radical (unpaired) electrons. The first kappa shape index (κ1) is 21.4. The van der Waals surface area contributed by atoms with Crippen LogP contribution in [-0.4, -0.2) is 54.0 Å². The summed E-state index contributed by atoms with van der Waals surface area (Å²) in [5, 5.41) is 7.21. The molecule has 0 saturated carbocycles. The van der Waals surface area contributed by atoms with Crippen molar-refractivity contribution in [3.8, 4) is 5.75 Å². The number of hydrogen-bond donors (Lipinski definition) is 1. The SMILES string of the molecule is COc1ccccc1N1CCN(c2ccc(=O)n(CC(=O)NCc3ccccn3)n2)CC1. The molecule has 0 aliphatic carbocycles. The summed E-state index contributed by atoms with van der Waals surface area (Å²) >= 11 is 0. The molecule has 0 bridgehead atoms. The number of hydrogen-bond acceptors (Lipinski definition) is 7. The lowest BCUT2D eigenvalue weighted by molar-refractivity contribution is -0.122. The third kappa shape index (κ3) is 5.05. The molecule has 1 aliphatic rings. The lowest BCUT2D eigenvalue weighted by Crippen LogP contribution is -2.47. The molecule has 1 fully saturated rings. The van der Waals surface area contributed by atoms with E-state index in [1.807, 2.05) is 36.4 Å². The fraction of sp³-hybridized carbons (Fsp3) is 0.304. The number of nitrogens with zero attached hydrogens (tertiary/aromatic N) is 5. The number of benzene rings is 1. The highest BCUT2D eigenvalue weighted by molar-refractivity contribution is 5.75. The Morgan fingerprint density at radius 3 is 2.50 bits per heavy atom. The molecule has 1 amide bonds. The van der Waals surface area contributed by atoms with Crippen LogP contribution < -0.4 is 25.4 Å². The number of amides is 1. The highest BCUT2D eigenvalue weighted by Crippen LogP contribution is 2.28. The maximum Gasteiger partial charge on any atom is 0.267 e. The van der Waals surface area contributed by atoms with Crippen LogP contribution in [0.25, 0.3) is 0 Å². The first-order valence-corrected chi connectivity index (χ1v) is 10.5. The van der Waals surface area contributed by atoms with Gasteiger partial charge in [0.15, 0.2) is 0 Å². The summed E-state index contributed by atoms with van der Waals surface area (Å²) in [6, 6.07) is 16.6. The van der Waals surface area contributed by atoms with Crippen molar-refractivity contribution < 1.29 is 9.53 Å². The molecule has 0 spiro atoms. The fourth-order valence-electron chi connectivity index (χ4n) is 3.67. The zero-order chi connectivity index (χ0) is 22.3. The van der Waals surface area contributed by atoms with Gasteiger partial charge in [-0.05, 0) is 30.3 Å². The normalized spacial score (nSPS) is 13.7. The number of carbonyl (C=O) groups excluding carboxylic acids is 1. The third-order valence-electron chi connectivity index (χ3n) is 5.37. The fourth-order valence-corrected chi connectivity index (χ4v) is 3.67. The Morgan fingerprint density at radius 1 is 1.00 bits per heavy atom. The van der Waals surface area contributed by atoms with Crippen molar-refractivity contribution in [2.45, 2.75) is 13.1 Å². The topological polar surface area (TPSA) is 92.6 Å². The molecule has 1 N–H and O–H groups in total. The lowest BCUT2D eigenvalue weighted by Gasteiger charge is -2.37. The zero-order valence-corrected chi connectivity index (χ0v) is 18.0. The molecule has 4 rings (SSSR count). The van der Waals surface area contributed by atoms with Crippen LogP contribution >= 0.6 is 0 Å². The van der Waals surface area contributed by atoms with E-state index in [-0.39, 0.29) is 18.0 Å². The Labute approximate surface area is 186 Å². The highest BCUT2D eigenvalue weighted by Gasteiger charge is 2.21. The van der Waals surface area contributed by atoms with E-state index in [4.69, 9.17) is 4.74 Å². The summed E-state index contributed by atoms with van der Waals surface area (Å²) in [6.45, 7) is 3.25. The number of ether oxygens (including phenoxy) is 1. The predicted octanol–water partition coefficient (Wildman–Crippen LogP) is 1.29. The second-order valence-corrected chi connectivity index (χ2v) is 7.43. The van der Waals surface area contributed by atoms with Crippen LogP contribution in [0.2, 0.25) is 0 Å². The first-order valence-electron chi connectivity index (χ1n) is 10.5. The van der Waals surface area contributed by atoms with Gasteiger partial charge >= 0.3 is 0 Å². The van der Waals surface area contributed by atoms with Gasteiger partial charge in [-0.1, -0.05) is 18.2 Å². The third-order valence-corrected chi connectivity index (χ3v) is 5.37. The molecule has 1 saturated heterocycles. The van der Waals surface area contributed by atoms with Crippen LogP contribution in [0.15, 0.2) is 65.6 Å². The number of rotatable bonds is 7. The number of anilines is 2. The van der Waals surface area contributed by atoms with Crippen LogP contribution in [0.5, 0.6) is 5.75 Å². The number of pyridine rings is 1. The van der Waals surface area contributed by atoms with Gasteiger partial charge in [0.05, 0.1) is 25.0 Å². The van der Waals surface area contributed by atoms with E-state index in [2.05, 4.69) is 31.3 Å². The quantitative estimate of drug-likeness (QED) is 0.599. The van der Waals surface area contributed by atoms with E-state index in [1.165, 1.54) is 10.7 Å². The van der Waals surface area contributed by atoms with Gasteiger partial charge < -0.3 is 19.9 Å². The van der Waals surface area contributed by atoms with Crippen LogP contribution in [-0.2, 0) is 17.9 Å². The molecule has 0 atom stereocenters. The Hall–Kier alpha value is -3.88. The number of carbonyl (C=O) groups is 1. The highest BCUT2D eigenvalue weighted by atomic mass is 16.5. The smallest absolute Gasteiger partial charge is 0.267 e. The molecule has 32 heavy (non-hydrogen) atoms. The van der Waals surface area contributed by atoms with Gasteiger partial charge in [-0.15, -0.1) is 0 Å². The van der Waals surface area contributed by atoms with Gasteiger partial charge in [-0.25, -0.2) is 4.68 Å². The minimum atomic E-state index is -0.311. The molecule has 9 nitrogen and oxygen atoms in total. The minimum absolute atomic E-state index is 0.138. The molecule has 166 valence electrons. The maximum atomic E-state index is 12.3.